The summed E-state index contributed by atoms with van der Waals surface area (Å²) in [5.74, 6) is 0.976. The Morgan fingerprint density at radius 1 is 1.25 bits per heavy atom. The topological polar surface area (TPSA) is 41.1 Å². The number of pyridine rings is 2. The van der Waals surface area contributed by atoms with Crippen LogP contribution in [0.2, 0.25) is 0 Å². The molecule has 0 unspecified atom stereocenters. The summed E-state index contributed by atoms with van der Waals surface area (Å²) in [4.78, 5) is 11.1. The van der Waals surface area contributed by atoms with E-state index in [1.807, 2.05) is 44.4 Å². The standard InChI is InChI=1S/C16H22N4/c1-4-17-11-14-8-9-18-16(10-14)20(3)12-15-7-5-6-13(2)19-15/h5-10,17H,4,11-12H2,1-3H3. The number of hydrogen-bond donors (Lipinski definition) is 1. The average Bonchev–Trinajstić information content (AvgIpc) is 2.45. The van der Waals surface area contributed by atoms with E-state index in [0.717, 1.165) is 36.8 Å². The van der Waals surface area contributed by atoms with Crippen molar-refractivity contribution in [2.75, 3.05) is 18.5 Å². The van der Waals surface area contributed by atoms with Crippen molar-refractivity contribution in [1.82, 2.24) is 15.3 Å². The summed E-state index contributed by atoms with van der Waals surface area (Å²) in [6.07, 6.45) is 1.86. The lowest BCUT2D eigenvalue weighted by Crippen LogP contribution is -2.19. The fourth-order valence-electron chi connectivity index (χ4n) is 2.06. The molecular weight excluding hydrogens is 248 g/mol. The first-order valence-electron chi connectivity index (χ1n) is 6.98. The molecule has 20 heavy (non-hydrogen) atoms. The smallest absolute Gasteiger partial charge is 0.128 e. The summed E-state index contributed by atoms with van der Waals surface area (Å²) in [6.45, 7) is 6.74. The third-order valence-electron chi connectivity index (χ3n) is 3.13. The predicted molar refractivity (Wildman–Crippen MR) is 82.7 cm³/mol. The van der Waals surface area contributed by atoms with Crippen LogP contribution in [0.3, 0.4) is 0 Å². The highest BCUT2D eigenvalue weighted by atomic mass is 15.2. The van der Waals surface area contributed by atoms with E-state index < -0.39 is 0 Å². The number of aromatic nitrogens is 2. The largest absolute Gasteiger partial charge is 0.354 e. The Labute approximate surface area is 120 Å². The lowest BCUT2D eigenvalue weighted by Gasteiger charge is -2.18. The molecule has 0 aromatic carbocycles. The number of nitrogens with one attached hydrogen (secondary N) is 1. The van der Waals surface area contributed by atoms with Crippen LogP contribution in [0.5, 0.6) is 0 Å². The molecule has 0 spiro atoms. The van der Waals surface area contributed by atoms with E-state index in [1.165, 1.54) is 5.56 Å². The lowest BCUT2D eigenvalue weighted by molar-refractivity contribution is 0.725. The Morgan fingerprint density at radius 2 is 2.10 bits per heavy atom. The minimum atomic E-state index is 0.763. The highest BCUT2D eigenvalue weighted by Gasteiger charge is 2.05. The number of hydrogen-bond acceptors (Lipinski definition) is 4. The van der Waals surface area contributed by atoms with Crippen molar-refractivity contribution < 1.29 is 0 Å². The Kier molecular flexibility index (Phi) is 5.07. The zero-order valence-electron chi connectivity index (χ0n) is 12.4. The molecule has 0 bridgehead atoms. The number of rotatable bonds is 6. The maximum Gasteiger partial charge on any atom is 0.128 e. The molecule has 2 heterocycles. The van der Waals surface area contributed by atoms with Gasteiger partial charge in [-0.2, -0.15) is 0 Å². The van der Waals surface area contributed by atoms with Crippen molar-refractivity contribution in [3.63, 3.8) is 0 Å². The van der Waals surface area contributed by atoms with Gasteiger partial charge in [0.2, 0.25) is 0 Å². The van der Waals surface area contributed by atoms with Gasteiger partial charge in [-0.3, -0.25) is 4.98 Å². The maximum absolute atomic E-state index is 4.53. The van der Waals surface area contributed by atoms with Crippen LogP contribution in [0.1, 0.15) is 23.9 Å². The molecule has 4 nitrogen and oxygen atoms in total. The van der Waals surface area contributed by atoms with Gasteiger partial charge >= 0.3 is 0 Å². The van der Waals surface area contributed by atoms with Gasteiger partial charge in [-0.1, -0.05) is 13.0 Å². The van der Waals surface area contributed by atoms with E-state index in [4.69, 9.17) is 0 Å². The van der Waals surface area contributed by atoms with Crippen LogP contribution in [-0.2, 0) is 13.1 Å². The van der Waals surface area contributed by atoms with Crippen LogP contribution in [0.15, 0.2) is 36.5 Å². The molecule has 106 valence electrons. The summed E-state index contributed by atoms with van der Waals surface area (Å²) in [7, 11) is 2.05. The fourth-order valence-corrected chi connectivity index (χ4v) is 2.06. The number of anilines is 1. The molecule has 0 atom stereocenters. The molecule has 0 radical (unpaired) electrons. The van der Waals surface area contributed by atoms with Crippen molar-refractivity contribution in [1.29, 1.82) is 0 Å². The molecule has 1 N–H and O–H groups in total. The van der Waals surface area contributed by atoms with Gasteiger partial charge in [0.15, 0.2) is 0 Å². The molecule has 0 saturated heterocycles. The van der Waals surface area contributed by atoms with Crippen LogP contribution in [0.25, 0.3) is 0 Å². The Hall–Kier alpha value is -1.94. The second-order valence-corrected chi connectivity index (χ2v) is 4.93. The minimum Gasteiger partial charge on any atom is -0.354 e. The van der Waals surface area contributed by atoms with Crippen LogP contribution in [0, 0.1) is 6.92 Å². The Balaban J connectivity index is 2.06. The second-order valence-electron chi connectivity index (χ2n) is 4.93. The lowest BCUT2D eigenvalue weighted by atomic mass is 10.2. The van der Waals surface area contributed by atoms with Crippen molar-refractivity contribution in [3.8, 4) is 0 Å². The third-order valence-corrected chi connectivity index (χ3v) is 3.13. The van der Waals surface area contributed by atoms with E-state index in [0.29, 0.717) is 0 Å². The summed E-state index contributed by atoms with van der Waals surface area (Å²) < 4.78 is 0. The average molecular weight is 270 g/mol. The van der Waals surface area contributed by atoms with Crippen LogP contribution in [-0.4, -0.2) is 23.6 Å². The van der Waals surface area contributed by atoms with Crippen molar-refractivity contribution in [2.45, 2.75) is 26.9 Å². The predicted octanol–water partition coefficient (Wildman–Crippen LogP) is 2.53. The van der Waals surface area contributed by atoms with Gasteiger partial charge in [0.1, 0.15) is 5.82 Å². The summed E-state index contributed by atoms with van der Waals surface area (Å²) in [5, 5.41) is 3.33. The molecule has 2 aromatic rings. The summed E-state index contributed by atoms with van der Waals surface area (Å²) >= 11 is 0. The molecule has 2 aromatic heterocycles. The van der Waals surface area contributed by atoms with Crippen molar-refractivity contribution in [2.24, 2.45) is 0 Å². The molecular formula is C16H22N4. The van der Waals surface area contributed by atoms with Gasteiger partial charge in [-0.15, -0.1) is 0 Å². The van der Waals surface area contributed by atoms with Crippen LogP contribution in [0.4, 0.5) is 5.82 Å². The van der Waals surface area contributed by atoms with Gasteiger partial charge < -0.3 is 10.2 Å². The van der Waals surface area contributed by atoms with Gasteiger partial charge in [-0.25, -0.2) is 4.98 Å². The van der Waals surface area contributed by atoms with E-state index >= 15 is 0 Å². The second kappa shape index (κ2) is 7.01. The molecule has 0 fully saturated rings. The van der Waals surface area contributed by atoms with Crippen LogP contribution >= 0.6 is 0 Å². The molecule has 4 heteroatoms. The first-order valence-corrected chi connectivity index (χ1v) is 6.98. The zero-order valence-corrected chi connectivity index (χ0v) is 12.4. The normalized spacial score (nSPS) is 10.6. The Morgan fingerprint density at radius 3 is 2.85 bits per heavy atom. The highest BCUT2D eigenvalue weighted by Crippen LogP contribution is 2.13. The van der Waals surface area contributed by atoms with Gasteiger partial charge in [0, 0.05) is 25.5 Å². The molecule has 2 rings (SSSR count). The van der Waals surface area contributed by atoms with Gasteiger partial charge in [0.05, 0.1) is 12.2 Å². The van der Waals surface area contributed by atoms with E-state index in [1.54, 1.807) is 0 Å². The van der Waals surface area contributed by atoms with Gasteiger partial charge in [0.25, 0.3) is 0 Å². The molecule has 0 saturated carbocycles. The highest BCUT2D eigenvalue weighted by molar-refractivity contribution is 5.40. The molecule has 0 aliphatic heterocycles. The number of aryl methyl sites for hydroxylation is 1. The third kappa shape index (κ3) is 4.03. The summed E-state index contributed by atoms with van der Waals surface area (Å²) in [5.41, 5.74) is 3.36. The maximum atomic E-state index is 4.53. The number of nitrogens with zero attached hydrogens (tertiary/aromatic N) is 3. The van der Waals surface area contributed by atoms with Crippen molar-refractivity contribution >= 4 is 5.82 Å². The molecule has 0 aliphatic rings. The van der Waals surface area contributed by atoms with Crippen molar-refractivity contribution in [3.05, 3.63) is 53.5 Å². The quantitative estimate of drug-likeness (QED) is 0.876. The SMILES string of the molecule is CCNCc1ccnc(N(C)Cc2cccc(C)n2)c1. The van der Waals surface area contributed by atoms with E-state index in [-0.39, 0.29) is 0 Å². The summed E-state index contributed by atoms with van der Waals surface area (Å²) in [6, 6.07) is 10.3. The fraction of sp³-hybridized carbons (Fsp3) is 0.375. The zero-order chi connectivity index (χ0) is 14.4. The first-order chi connectivity index (χ1) is 9.69. The molecule has 0 aliphatic carbocycles. The van der Waals surface area contributed by atoms with E-state index in [2.05, 4.69) is 33.2 Å². The first kappa shape index (κ1) is 14.5. The monoisotopic (exact) mass is 270 g/mol. The Bertz CT molecular complexity index is 554. The van der Waals surface area contributed by atoms with Gasteiger partial charge in [-0.05, 0) is 43.3 Å². The van der Waals surface area contributed by atoms with E-state index in [9.17, 15) is 0 Å². The molecule has 0 amide bonds. The van der Waals surface area contributed by atoms with Crippen LogP contribution < -0.4 is 10.2 Å². The minimum absolute atomic E-state index is 0.763.